The maximum atomic E-state index is 5.84. The van der Waals surface area contributed by atoms with Gasteiger partial charge in [0.05, 0.1) is 12.7 Å². The maximum absolute atomic E-state index is 5.84. The first kappa shape index (κ1) is 13.2. The van der Waals surface area contributed by atoms with Gasteiger partial charge in [0.1, 0.15) is 9.34 Å². The summed E-state index contributed by atoms with van der Waals surface area (Å²) in [4.78, 5) is 6.69. The summed E-state index contributed by atoms with van der Waals surface area (Å²) in [5, 5.41) is 4.51. The lowest BCUT2D eigenvalue weighted by atomic mass is 10.4. The van der Waals surface area contributed by atoms with Gasteiger partial charge in [-0.05, 0) is 19.5 Å². The number of nitrogens with one attached hydrogen (secondary N) is 1. The molecule has 0 atom stereocenters. The summed E-state index contributed by atoms with van der Waals surface area (Å²) in [6.07, 6.45) is 2.96. The van der Waals surface area contributed by atoms with Crippen LogP contribution < -0.4 is 5.32 Å². The Hall–Kier alpha value is 0.130. The van der Waals surface area contributed by atoms with E-state index in [4.69, 9.17) is 11.6 Å². The normalized spacial score (nSPS) is 18.2. The largest absolute Gasteiger partial charge is 0.315 e. The molecule has 1 aromatic rings. The summed E-state index contributed by atoms with van der Waals surface area (Å²) in [5.74, 6) is 0. The molecular formula is C9H15Cl2N3S. The van der Waals surface area contributed by atoms with Gasteiger partial charge in [-0.3, -0.25) is 4.90 Å². The lowest BCUT2D eigenvalue weighted by Crippen LogP contribution is -2.27. The van der Waals surface area contributed by atoms with Crippen LogP contribution in [0.1, 0.15) is 11.4 Å². The predicted octanol–water partition coefficient (Wildman–Crippen LogP) is 2.01. The minimum atomic E-state index is 0. The molecule has 2 rings (SSSR count). The van der Waals surface area contributed by atoms with Crippen molar-refractivity contribution >= 4 is 35.3 Å². The van der Waals surface area contributed by atoms with Crippen molar-refractivity contribution in [1.82, 2.24) is 15.2 Å². The number of rotatable bonds is 2. The van der Waals surface area contributed by atoms with Gasteiger partial charge in [0.15, 0.2) is 0 Å². The second-order valence-corrected chi connectivity index (χ2v) is 5.18. The van der Waals surface area contributed by atoms with Gasteiger partial charge in [0, 0.05) is 13.1 Å². The molecule has 0 radical (unpaired) electrons. The second-order valence-electron chi connectivity index (χ2n) is 3.44. The van der Waals surface area contributed by atoms with E-state index in [1.807, 2.05) is 0 Å². The number of hydrogen-bond donors (Lipinski definition) is 1. The van der Waals surface area contributed by atoms with Crippen LogP contribution >= 0.6 is 35.3 Å². The fourth-order valence-electron chi connectivity index (χ4n) is 1.61. The molecule has 1 aliphatic heterocycles. The Kier molecular flexibility index (Phi) is 5.86. The van der Waals surface area contributed by atoms with E-state index in [0.29, 0.717) is 0 Å². The Labute approximate surface area is 105 Å². The highest BCUT2D eigenvalue weighted by Crippen LogP contribution is 2.19. The minimum absolute atomic E-state index is 0. The van der Waals surface area contributed by atoms with Crippen LogP contribution in [0.15, 0.2) is 6.20 Å². The Balaban J connectivity index is 0.00000112. The molecule has 1 N–H and O–H groups in total. The molecular weight excluding hydrogens is 253 g/mol. The van der Waals surface area contributed by atoms with Crippen LogP contribution in [0.5, 0.6) is 0 Å². The molecule has 86 valence electrons. The van der Waals surface area contributed by atoms with E-state index in [-0.39, 0.29) is 12.4 Å². The highest BCUT2D eigenvalue weighted by molar-refractivity contribution is 7.15. The molecule has 0 aliphatic carbocycles. The number of thiazole rings is 1. The standard InChI is InChI=1S/C9H14ClN3S.ClH/c10-8-6-12-9(14-8)7-13-4-1-2-11-3-5-13;/h6,11H,1-5,7H2;1H. The van der Waals surface area contributed by atoms with E-state index >= 15 is 0 Å². The Morgan fingerprint density at radius 2 is 2.33 bits per heavy atom. The van der Waals surface area contributed by atoms with Crippen molar-refractivity contribution in [3.63, 3.8) is 0 Å². The van der Waals surface area contributed by atoms with Gasteiger partial charge >= 0.3 is 0 Å². The first-order valence-electron chi connectivity index (χ1n) is 4.88. The zero-order valence-corrected chi connectivity index (χ0v) is 10.8. The van der Waals surface area contributed by atoms with Crippen molar-refractivity contribution in [3.8, 4) is 0 Å². The van der Waals surface area contributed by atoms with Gasteiger partial charge in [-0.1, -0.05) is 11.6 Å². The fraction of sp³-hybridized carbons (Fsp3) is 0.667. The zero-order valence-electron chi connectivity index (χ0n) is 8.41. The molecule has 0 spiro atoms. The SMILES string of the molecule is Cl.Clc1cnc(CN2CCCNCC2)s1. The van der Waals surface area contributed by atoms with Crippen molar-refractivity contribution in [2.75, 3.05) is 26.2 Å². The van der Waals surface area contributed by atoms with Crippen LogP contribution in [0.2, 0.25) is 4.34 Å². The molecule has 2 heterocycles. The first-order valence-corrected chi connectivity index (χ1v) is 6.07. The molecule has 1 aliphatic rings. The summed E-state index contributed by atoms with van der Waals surface area (Å²) in [7, 11) is 0. The highest BCUT2D eigenvalue weighted by atomic mass is 35.5. The first-order chi connectivity index (χ1) is 6.84. The summed E-state index contributed by atoms with van der Waals surface area (Å²) in [6.45, 7) is 5.43. The van der Waals surface area contributed by atoms with Crippen LogP contribution in [0.25, 0.3) is 0 Å². The monoisotopic (exact) mass is 267 g/mol. The molecule has 0 amide bonds. The predicted molar refractivity (Wildman–Crippen MR) is 67.1 cm³/mol. The van der Waals surface area contributed by atoms with Crippen molar-refractivity contribution in [3.05, 3.63) is 15.5 Å². The van der Waals surface area contributed by atoms with E-state index in [9.17, 15) is 0 Å². The Bertz CT molecular complexity index is 285. The molecule has 1 saturated heterocycles. The molecule has 0 unspecified atom stereocenters. The molecule has 0 bridgehead atoms. The average Bonchev–Trinajstić information content (AvgIpc) is 2.43. The average molecular weight is 268 g/mol. The van der Waals surface area contributed by atoms with Gasteiger partial charge in [-0.25, -0.2) is 4.98 Å². The van der Waals surface area contributed by atoms with Crippen LogP contribution in [0.3, 0.4) is 0 Å². The van der Waals surface area contributed by atoms with E-state index in [2.05, 4.69) is 15.2 Å². The van der Waals surface area contributed by atoms with E-state index < -0.39 is 0 Å². The molecule has 6 heteroatoms. The van der Waals surface area contributed by atoms with Crippen molar-refractivity contribution in [1.29, 1.82) is 0 Å². The number of hydrogen-bond acceptors (Lipinski definition) is 4. The maximum Gasteiger partial charge on any atom is 0.113 e. The van der Waals surface area contributed by atoms with E-state index in [1.165, 1.54) is 6.42 Å². The second kappa shape index (κ2) is 6.66. The van der Waals surface area contributed by atoms with Crippen LogP contribution in [-0.2, 0) is 6.54 Å². The zero-order chi connectivity index (χ0) is 9.80. The van der Waals surface area contributed by atoms with Gasteiger partial charge < -0.3 is 5.32 Å². The number of aromatic nitrogens is 1. The molecule has 1 fully saturated rings. The molecule has 0 aromatic carbocycles. The highest BCUT2D eigenvalue weighted by Gasteiger charge is 2.10. The lowest BCUT2D eigenvalue weighted by molar-refractivity contribution is 0.284. The third-order valence-electron chi connectivity index (χ3n) is 2.32. The third kappa shape index (κ3) is 4.25. The molecule has 0 saturated carbocycles. The number of nitrogens with zero attached hydrogens (tertiary/aromatic N) is 2. The summed E-state index contributed by atoms with van der Waals surface area (Å²) in [6, 6.07) is 0. The Morgan fingerprint density at radius 1 is 1.47 bits per heavy atom. The quantitative estimate of drug-likeness (QED) is 0.889. The Morgan fingerprint density at radius 3 is 3.07 bits per heavy atom. The van der Waals surface area contributed by atoms with Gasteiger partial charge in [-0.2, -0.15) is 0 Å². The van der Waals surface area contributed by atoms with Crippen LogP contribution in [-0.4, -0.2) is 36.1 Å². The lowest BCUT2D eigenvalue weighted by Gasteiger charge is -2.17. The molecule has 3 nitrogen and oxygen atoms in total. The smallest absolute Gasteiger partial charge is 0.113 e. The van der Waals surface area contributed by atoms with Gasteiger partial charge in [0.25, 0.3) is 0 Å². The van der Waals surface area contributed by atoms with Crippen molar-refractivity contribution in [2.45, 2.75) is 13.0 Å². The van der Waals surface area contributed by atoms with Crippen LogP contribution in [0.4, 0.5) is 0 Å². The topological polar surface area (TPSA) is 28.2 Å². The van der Waals surface area contributed by atoms with Crippen LogP contribution in [0, 0.1) is 0 Å². The molecule has 1 aromatic heterocycles. The van der Waals surface area contributed by atoms with Crippen molar-refractivity contribution in [2.24, 2.45) is 0 Å². The number of halogens is 2. The third-order valence-corrected chi connectivity index (χ3v) is 3.42. The summed E-state index contributed by atoms with van der Waals surface area (Å²) in [5.41, 5.74) is 0. The minimum Gasteiger partial charge on any atom is -0.315 e. The summed E-state index contributed by atoms with van der Waals surface area (Å²) < 4.78 is 0.785. The summed E-state index contributed by atoms with van der Waals surface area (Å²) >= 11 is 7.42. The molecule has 15 heavy (non-hydrogen) atoms. The van der Waals surface area contributed by atoms with Gasteiger partial charge in [-0.15, -0.1) is 23.7 Å². The van der Waals surface area contributed by atoms with E-state index in [1.54, 1.807) is 17.5 Å². The van der Waals surface area contributed by atoms with E-state index in [0.717, 1.165) is 42.1 Å². The fourth-order valence-corrected chi connectivity index (χ4v) is 2.61. The van der Waals surface area contributed by atoms with Gasteiger partial charge in [0.2, 0.25) is 0 Å². The van der Waals surface area contributed by atoms with Crippen molar-refractivity contribution < 1.29 is 0 Å².